The zero-order chi connectivity index (χ0) is 22.2. The maximum absolute atomic E-state index is 13.4. The van der Waals surface area contributed by atoms with Crippen LogP contribution in [-0.4, -0.2) is 72.8 Å². The minimum atomic E-state index is 0.0824. The van der Waals surface area contributed by atoms with Crippen molar-refractivity contribution in [2.24, 2.45) is 0 Å². The molecule has 32 heavy (non-hydrogen) atoms. The monoisotopic (exact) mass is 453 g/mol. The van der Waals surface area contributed by atoms with E-state index in [1.807, 2.05) is 16.7 Å². The van der Waals surface area contributed by atoms with Crippen molar-refractivity contribution in [3.05, 3.63) is 51.4 Å². The molecule has 3 aromatic rings. The van der Waals surface area contributed by atoms with Gasteiger partial charge >= 0.3 is 0 Å². The van der Waals surface area contributed by atoms with Crippen LogP contribution < -0.4 is 15.2 Å². The molecule has 0 N–H and O–H groups in total. The zero-order valence-electron chi connectivity index (χ0n) is 19.1. The van der Waals surface area contributed by atoms with Crippen molar-refractivity contribution < 1.29 is 4.74 Å². The van der Waals surface area contributed by atoms with Crippen LogP contribution in [0.2, 0.25) is 0 Å². The van der Waals surface area contributed by atoms with Crippen LogP contribution in [0.15, 0.2) is 35.4 Å². The zero-order valence-corrected chi connectivity index (χ0v) is 19.9. The van der Waals surface area contributed by atoms with Gasteiger partial charge in [-0.3, -0.25) is 14.3 Å². The number of thiophene rings is 1. The van der Waals surface area contributed by atoms with E-state index in [-0.39, 0.29) is 11.6 Å². The molecule has 0 saturated carbocycles. The van der Waals surface area contributed by atoms with Crippen molar-refractivity contribution in [2.45, 2.75) is 25.9 Å². The normalized spacial score (nSPS) is 18.7. The first kappa shape index (κ1) is 21.4. The van der Waals surface area contributed by atoms with Crippen LogP contribution in [0.3, 0.4) is 0 Å². The van der Waals surface area contributed by atoms with Crippen LogP contribution in [0.4, 0.5) is 5.69 Å². The number of rotatable bonds is 5. The second-order valence-electron chi connectivity index (χ2n) is 8.94. The smallest absolute Gasteiger partial charge is 0.262 e. The molecule has 0 amide bonds. The van der Waals surface area contributed by atoms with Crippen LogP contribution in [0.25, 0.3) is 10.2 Å². The van der Waals surface area contributed by atoms with Gasteiger partial charge in [0.05, 0.1) is 24.5 Å². The van der Waals surface area contributed by atoms with Gasteiger partial charge in [0, 0.05) is 56.7 Å². The lowest BCUT2D eigenvalue weighted by Gasteiger charge is -2.37. The first-order valence-corrected chi connectivity index (χ1v) is 12.2. The number of ether oxygens (including phenoxy) is 1. The number of fused-ring (bicyclic) bond motifs is 3. The molecule has 7 nitrogen and oxygen atoms in total. The second-order valence-corrected chi connectivity index (χ2v) is 10.0. The number of piperazine rings is 1. The number of benzene rings is 1. The largest absolute Gasteiger partial charge is 0.495 e. The van der Waals surface area contributed by atoms with E-state index in [1.54, 1.807) is 24.8 Å². The number of likely N-dealkylation sites (N-methyl/N-ethyl adjacent to an activating group) is 1. The molecule has 1 fully saturated rings. The Kier molecular flexibility index (Phi) is 5.92. The summed E-state index contributed by atoms with van der Waals surface area (Å²) in [5, 5.41) is 0.855. The van der Waals surface area contributed by atoms with E-state index in [4.69, 9.17) is 4.74 Å². The molecule has 0 bridgehead atoms. The Bertz CT molecular complexity index is 1160. The van der Waals surface area contributed by atoms with Crippen molar-refractivity contribution in [2.75, 3.05) is 58.3 Å². The van der Waals surface area contributed by atoms with E-state index < -0.39 is 0 Å². The summed E-state index contributed by atoms with van der Waals surface area (Å²) in [5.74, 6) is 0.922. The molecule has 0 radical (unpaired) electrons. The summed E-state index contributed by atoms with van der Waals surface area (Å²) in [7, 11) is 3.86. The fourth-order valence-electron chi connectivity index (χ4n) is 4.96. The fraction of sp³-hybridized carbons (Fsp3) is 0.500. The fourth-order valence-corrected chi connectivity index (χ4v) is 6.22. The molecule has 8 heteroatoms. The van der Waals surface area contributed by atoms with Crippen LogP contribution in [-0.2, 0) is 13.0 Å². The molecule has 5 rings (SSSR count). The highest BCUT2D eigenvalue weighted by atomic mass is 32.1. The summed E-state index contributed by atoms with van der Waals surface area (Å²) < 4.78 is 7.38. The van der Waals surface area contributed by atoms with Crippen molar-refractivity contribution in [3.8, 4) is 5.75 Å². The minimum Gasteiger partial charge on any atom is -0.495 e. The summed E-state index contributed by atoms with van der Waals surface area (Å²) in [6.45, 7) is 8.73. The van der Waals surface area contributed by atoms with Crippen molar-refractivity contribution in [1.29, 1.82) is 0 Å². The van der Waals surface area contributed by atoms with E-state index in [1.165, 1.54) is 10.4 Å². The van der Waals surface area contributed by atoms with E-state index in [0.29, 0.717) is 0 Å². The molecule has 170 valence electrons. The first-order valence-electron chi connectivity index (χ1n) is 11.4. The highest BCUT2D eigenvalue weighted by Gasteiger charge is 2.25. The Balaban J connectivity index is 1.29. The number of hydrogen-bond donors (Lipinski definition) is 0. The number of aromatic nitrogens is 2. The number of anilines is 1. The van der Waals surface area contributed by atoms with Gasteiger partial charge in [0.15, 0.2) is 0 Å². The third-order valence-electron chi connectivity index (χ3n) is 6.77. The molecule has 2 aliphatic heterocycles. The Morgan fingerprint density at radius 1 is 1.16 bits per heavy atom. The Labute approximate surface area is 192 Å². The number of para-hydroxylation sites is 2. The van der Waals surface area contributed by atoms with Gasteiger partial charge in [-0.15, -0.1) is 11.3 Å². The molecule has 1 atom stereocenters. The lowest BCUT2D eigenvalue weighted by molar-refractivity contribution is 0.223. The van der Waals surface area contributed by atoms with Gasteiger partial charge in [0.25, 0.3) is 5.56 Å². The summed E-state index contributed by atoms with van der Waals surface area (Å²) >= 11 is 1.68. The number of methoxy groups -OCH3 is 1. The van der Waals surface area contributed by atoms with Crippen LogP contribution in [0, 0.1) is 0 Å². The van der Waals surface area contributed by atoms with Crippen LogP contribution in [0.1, 0.15) is 23.4 Å². The van der Waals surface area contributed by atoms with E-state index in [0.717, 1.165) is 73.9 Å². The molecule has 1 saturated heterocycles. The molecular formula is C24H31N5O2S. The summed E-state index contributed by atoms with van der Waals surface area (Å²) in [5.41, 5.74) is 2.51. The molecule has 2 aliphatic rings. The van der Waals surface area contributed by atoms with Gasteiger partial charge in [-0.2, -0.15) is 0 Å². The molecule has 1 unspecified atom stereocenters. The summed E-state index contributed by atoms with van der Waals surface area (Å²) in [6.07, 6.45) is 2.69. The van der Waals surface area contributed by atoms with Crippen molar-refractivity contribution in [3.63, 3.8) is 0 Å². The third kappa shape index (κ3) is 3.91. The predicted molar refractivity (Wildman–Crippen MR) is 130 cm³/mol. The second kappa shape index (κ2) is 8.84. The van der Waals surface area contributed by atoms with Gasteiger partial charge < -0.3 is 14.5 Å². The van der Waals surface area contributed by atoms with E-state index in [2.05, 4.69) is 45.8 Å². The Morgan fingerprint density at radius 3 is 2.72 bits per heavy atom. The lowest BCUT2D eigenvalue weighted by atomic mass is 10.1. The number of nitrogens with zero attached hydrogens (tertiary/aromatic N) is 5. The van der Waals surface area contributed by atoms with Gasteiger partial charge in [-0.1, -0.05) is 12.1 Å². The average Bonchev–Trinajstić information content (AvgIpc) is 3.18. The topological polar surface area (TPSA) is 53.8 Å². The minimum absolute atomic E-state index is 0.0824. The van der Waals surface area contributed by atoms with Crippen molar-refractivity contribution >= 4 is 27.2 Å². The first-order chi connectivity index (χ1) is 15.5. The summed E-state index contributed by atoms with van der Waals surface area (Å²) in [4.78, 5) is 27.4. The maximum atomic E-state index is 13.4. The van der Waals surface area contributed by atoms with E-state index >= 15 is 0 Å². The molecule has 0 aliphatic carbocycles. The predicted octanol–water partition coefficient (Wildman–Crippen LogP) is 2.84. The lowest BCUT2D eigenvalue weighted by Crippen LogP contribution is -2.48. The SMILES string of the molecule is COc1ccccc1N1CCN(CC(C)n2cnc3sc4c(c3c2=O)CCN(C)C4)CC1. The molecule has 1 aromatic carbocycles. The standard InChI is InChI=1S/C24H31N5O2S/c1-17(14-27-10-12-28(13-11-27)19-6-4-5-7-20(19)31-3)29-16-25-23-22(24(29)30)18-8-9-26(2)15-21(18)32-23/h4-7,16-17H,8-15H2,1-3H3. The molecule has 4 heterocycles. The van der Waals surface area contributed by atoms with E-state index in [9.17, 15) is 4.79 Å². The Hall–Kier alpha value is -2.42. The molecule has 2 aromatic heterocycles. The van der Waals surface area contributed by atoms with Gasteiger partial charge in [0.2, 0.25) is 0 Å². The number of hydrogen-bond acceptors (Lipinski definition) is 7. The third-order valence-corrected chi connectivity index (χ3v) is 7.90. The van der Waals surface area contributed by atoms with Gasteiger partial charge in [-0.25, -0.2) is 4.98 Å². The van der Waals surface area contributed by atoms with Crippen molar-refractivity contribution in [1.82, 2.24) is 19.4 Å². The Morgan fingerprint density at radius 2 is 1.94 bits per heavy atom. The quantitative estimate of drug-likeness (QED) is 0.592. The van der Waals surface area contributed by atoms with Crippen LogP contribution >= 0.6 is 11.3 Å². The molecular weight excluding hydrogens is 422 g/mol. The summed E-state index contributed by atoms with van der Waals surface area (Å²) in [6, 6.07) is 8.28. The van der Waals surface area contributed by atoms with Gasteiger partial charge in [-0.05, 0) is 38.1 Å². The van der Waals surface area contributed by atoms with Crippen LogP contribution in [0.5, 0.6) is 5.75 Å². The highest BCUT2D eigenvalue weighted by molar-refractivity contribution is 7.18. The highest BCUT2D eigenvalue weighted by Crippen LogP contribution is 2.32. The molecule has 0 spiro atoms. The average molecular weight is 454 g/mol. The maximum Gasteiger partial charge on any atom is 0.262 e. The van der Waals surface area contributed by atoms with Gasteiger partial charge in [0.1, 0.15) is 10.6 Å².